The molecule has 0 spiro atoms. The number of nitrogens with two attached hydrogens (primary N) is 1. The highest BCUT2D eigenvalue weighted by Gasteiger charge is 2.36. The van der Waals surface area contributed by atoms with Gasteiger partial charge in [-0.25, -0.2) is 0 Å². The normalized spacial score (nSPS) is 20.9. The fourth-order valence-electron chi connectivity index (χ4n) is 3.03. The van der Waals surface area contributed by atoms with Crippen molar-refractivity contribution < 1.29 is 19.5 Å². The van der Waals surface area contributed by atoms with Crippen LogP contribution in [0.15, 0.2) is 6.07 Å². The number of aliphatic carboxylic acids is 1. The molecule has 2 rings (SSSR count). The summed E-state index contributed by atoms with van der Waals surface area (Å²) in [5, 5.41) is 12.5. The molecular formula is C16H22N2O4S. The standard InChI is InChI=1S/C16H22N2O4S/c1-2-5-9-8-12(13(17)19)15(23-9)18-14(20)10-6-3-4-7-11(10)16(21)22/h8,10-11H,2-7H2,1H3,(H2,17,19)(H,18,20)(H,21,22)/t10-,11-/m1/s1. The average Bonchev–Trinajstić information content (AvgIpc) is 2.90. The summed E-state index contributed by atoms with van der Waals surface area (Å²) in [6.45, 7) is 2.03. The fourth-order valence-corrected chi connectivity index (χ4v) is 4.20. The molecule has 126 valence electrons. The highest BCUT2D eigenvalue weighted by molar-refractivity contribution is 7.16. The van der Waals surface area contributed by atoms with E-state index in [0.29, 0.717) is 23.4 Å². The highest BCUT2D eigenvalue weighted by atomic mass is 32.1. The molecule has 2 atom stereocenters. The molecule has 0 bridgehead atoms. The van der Waals surface area contributed by atoms with Crippen molar-refractivity contribution in [2.75, 3.05) is 5.32 Å². The Kier molecular flexibility index (Phi) is 5.76. The predicted octanol–water partition coefficient (Wildman–Crippen LogP) is 2.63. The molecule has 6 nitrogen and oxygen atoms in total. The quantitative estimate of drug-likeness (QED) is 0.740. The van der Waals surface area contributed by atoms with Crippen molar-refractivity contribution in [3.05, 3.63) is 16.5 Å². The first-order valence-electron chi connectivity index (χ1n) is 7.90. The number of carbonyl (C=O) groups is 3. The van der Waals surface area contributed by atoms with Gasteiger partial charge in [0.1, 0.15) is 5.00 Å². The molecule has 1 aliphatic carbocycles. The van der Waals surface area contributed by atoms with Gasteiger partial charge in [0.05, 0.1) is 17.4 Å². The second kappa shape index (κ2) is 7.59. The molecule has 23 heavy (non-hydrogen) atoms. The van der Waals surface area contributed by atoms with Crippen molar-refractivity contribution in [3.8, 4) is 0 Å². The third-order valence-corrected chi connectivity index (χ3v) is 5.31. The molecule has 0 radical (unpaired) electrons. The third-order valence-electron chi connectivity index (χ3n) is 4.20. The summed E-state index contributed by atoms with van der Waals surface area (Å²) in [4.78, 5) is 36.4. The van der Waals surface area contributed by atoms with Crippen LogP contribution in [0.1, 0.15) is 54.3 Å². The molecule has 1 aliphatic rings. The van der Waals surface area contributed by atoms with Crippen LogP contribution in [0.25, 0.3) is 0 Å². The molecular weight excluding hydrogens is 316 g/mol. The summed E-state index contributed by atoms with van der Waals surface area (Å²) >= 11 is 1.33. The SMILES string of the molecule is CCCc1cc(C(N)=O)c(NC(=O)[C@@H]2CCCC[C@H]2C(=O)O)s1. The second-order valence-corrected chi connectivity index (χ2v) is 7.03. The van der Waals surface area contributed by atoms with Gasteiger partial charge >= 0.3 is 5.97 Å². The average molecular weight is 338 g/mol. The molecule has 1 fully saturated rings. The van der Waals surface area contributed by atoms with Crippen LogP contribution in [0.4, 0.5) is 5.00 Å². The lowest BCUT2D eigenvalue weighted by Crippen LogP contribution is -2.36. The number of primary amides is 1. The zero-order chi connectivity index (χ0) is 17.0. The van der Waals surface area contributed by atoms with E-state index in [1.54, 1.807) is 6.07 Å². The Morgan fingerprint density at radius 3 is 2.52 bits per heavy atom. The van der Waals surface area contributed by atoms with Crippen LogP contribution in [-0.4, -0.2) is 22.9 Å². The van der Waals surface area contributed by atoms with Crippen molar-refractivity contribution in [1.29, 1.82) is 0 Å². The number of aryl methyl sites for hydroxylation is 1. The Hall–Kier alpha value is -1.89. The summed E-state index contributed by atoms with van der Waals surface area (Å²) < 4.78 is 0. The number of nitrogens with one attached hydrogen (secondary N) is 1. The van der Waals surface area contributed by atoms with Crippen molar-refractivity contribution in [2.24, 2.45) is 17.6 Å². The molecule has 1 saturated carbocycles. The Morgan fingerprint density at radius 1 is 1.30 bits per heavy atom. The van der Waals surface area contributed by atoms with Gasteiger partial charge < -0.3 is 16.2 Å². The summed E-state index contributed by atoms with van der Waals surface area (Å²) in [7, 11) is 0. The Bertz CT molecular complexity index is 611. The minimum atomic E-state index is -0.933. The number of amides is 2. The van der Waals surface area contributed by atoms with Gasteiger partial charge in [0.25, 0.3) is 5.91 Å². The minimum absolute atomic E-state index is 0.300. The maximum atomic E-state index is 12.5. The first-order valence-corrected chi connectivity index (χ1v) is 8.71. The van der Waals surface area contributed by atoms with Gasteiger partial charge in [-0.3, -0.25) is 14.4 Å². The molecule has 2 amide bonds. The first-order chi connectivity index (χ1) is 10.9. The number of rotatable bonds is 6. The Morgan fingerprint density at radius 2 is 1.96 bits per heavy atom. The number of thiophene rings is 1. The summed E-state index contributed by atoms with van der Waals surface area (Å²) in [6.07, 6.45) is 4.48. The van der Waals surface area contributed by atoms with Gasteiger partial charge in [0.15, 0.2) is 0 Å². The van der Waals surface area contributed by atoms with Crippen LogP contribution >= 0.6 is 11.3 Å². The van der Waals surface area contributed by atoms with Crippen LogP contribution in [0.3, 0.4) is 0 Å². The van der Waals surface area contributed by atoms with Crippen molar-refractivity contribution in [2.45, 2.75) is 45.4 Å². The van der Waals surface area contributed by atoms with E-state index in [4.69, 9.17) is 5.73 Å². The van der Waals surface area contributed by atoms with Crippen molar-refractivity contribution >= 4 is 34.1 Å². The van der Waals surface area contributed by atoms with Gasteiger partial charge in [-0.1, -0.05) is 26.2 Å². The summed E-state index contributed by atoms with van der Waals surface area (Å²) in [6, 6.07) is 1.71. The number of carboxylic acid groups (broad SMARTS) is 1. The van der Waals surface area contributed by atoms with E-state index in [0.717, 1.165) is 30.6 Å². The van der Waals surface area contributed by atoms with Gasteiger partial charge in [-0.05, 0) is 25.3 Å². The monoisotopic (exact) mass is 338 g/mol. The fraction of sp³-hybridized carbons (Fsp3) is 0.562. The molecule has 1 aromatic heterocycles. The summed E-state index contributed by atoms with van der Waals surface area (Å²) in [5.74, 6) is -3.06. The molecule has 0 saturated heterocycles. The van der Waals surface area contributed by atoms with Crippen LogP contribution in [-0.2, 0) is 16.0 Å². The van der Waals surface area contributed by atoms with E-state index in [9.17, 15) is 19.5 Å². The van der Waals surface area contributed by atoms with E-state index in [2.05, 4.69) is 5.32 Å². The molecule has 0 unspecified atom stereocenters. The molecule has 1 heterocycles. The van der Waals surface area contributed by atoms with E-state index in [1.165, 1.54) is 11.3 Å². The van der Waals surface area contributed by atoms with E-state index >= 15 is 0 Å². The molecule has 0 aliphatic heterocycles. The minimum Gasteiger partial charge on any atom is -0.481 e. The molecule has 4 N–H and O–H groups in total. The maximum Gasteiger partial charge on any atom is 0.307 e. The van der Waals surface area contributed by atoms with Crippen molar-refractivity contribution in [3.63, 3.8) is 0 Å². The van der Waals surface area contributed by atoms with E-state index in [-0.39, 0.29) is 5.91 Å². The van der Waals surface area contributed by atoms with E-state index < -0.39 is 23.7 Å². The Labute approximate surface area is 139 Å². The zero-order valence-corrected chi connectivity index (χ0v) is 13.9. The highest BCUT2D eigenvalue weighted by Crippen LogP contribution is 2.34. The largest absolute Gasteiger partial charge is 0.481 e. The lowest BCUT2D eigenvalue weighted by Gasteiger charge is -2.27. The van der Waals surface area contributed by atoms with Crippen LogP contribution in [0.5, 0.6) is 0 Å². The van der Waals surface area contributed by atoms with Gasteiger partial charge in [-0.15, -0.1) is 11.3 Å². The lowest BCUT2D eigenvalue weighted by molar-refractivity contribution is -0.147. The predicted molar refractivity (Wildman–Crippen MR) is 88.5 cm³/mol. The van der Waals surface area contributed by atoms with Gasteiger partial charge in [-0.2, -0.15) is 0 Å². The third kappa shape index (κ3) is 4.10. The summed E-state index contributed by atoms with van der Waals surface area (Å²) in [5.41, 5.74) is 5.68. The number of hydrogen-bond donors (Lipinski definition) is 3. The van der Waals surface area contributed by atoms with Gasteiger partial charge in [0, 0.05) is 4.88 Å². The molecule has 7 heteroatoms. The molecule has 1 aromatic rings. The van der Waals surface area contributed by atoms with Crippen molar-refractivity contribution in [1.82, 2.24) is 0 Å². The topological polar surface area (TPSA) is 109 Å². The van der Waals surface area contributed by atoms with Gasteiger partial charge in [0.2, 0.25) is 5.91 Å². The second-order valence-electron chi connectivity index (χ2n) is 5.89. The first kappa shape index (κ1) is 17.5. The number of carboxylic acids is 1. The number of hydrogen-bond acceptors (Lipinski definition) is 4. The number of carbonyl (C=O) groups excluding carboxylic acids is 2. The maximum absolute atomic E-state index is 12.5. The number of anilines is 1. The van der Waals surface area contributed by atoms with Crippen LogP contribution in [0, 0.1) is 11.8 Å². The lowest BCUT2D eigenvalue weighted by atomic mass is 9.79. The Balaban J connectivity index is 2.18. The van der Waals surface area contributed by atoms with Crippen LogP contribution in [0.2, 0.25) is 0 Å². The smallest absolute Gasteiger partial charge is 0.307 e. The van der Waals surface area contributed by atoms with Crippen LogP contribution < -0.4 is 11.1 Å². The molecule has 0 aromatic carbocycles. The van der Waals surface area contributed by atoms with E-state index in [1.807, 2.05) is 6.92 Å². The zero-order valence-electron chi connectivity index (χ0n) is 13.1.